The highest BCUT2D eigenvalue weighted by molar-refractivity contribution is 6.32. The molecule has 2 atom stereocenters. The Bertz CT molecular complexity index is 2540. The number of benzene rings is 3. The molecule has 6 N–H and O–H groups in total. The first-order valence-electron chi connectivity index (χ1n) is 19.2. The summed E-state index contributed by atoms with van der Waals surface area (Å²) in [5.41, 5.74) is 10.5. The van der Waals surface area contributed by atoms with Gasteiger partial charge in [-0.05, 0) is 77.1 Å². The molecule has 60 heavy (non-hydrogen) atoms. The number of aromatic nitrogens is 3. The van der Waals surface area contributed by atoms with Crippen molar-refractivity contribution in [2.24, 2.45) is 0 Å². The standard InChI is InChI=1S/C45H45ClN6O8/c1-27-32(26-60-42-16-41(59-25-30-11-29(17-47)18-48-19-30)33(12-40(42)46)20-49-22-35(53)14-44(55)56)5-3-7-38(27)39-8-4-6-37(28(39)2)31-9-10-52-24-34(51-43(52)13-31)21-50-23-36(54)15-45(57)58/h3-13,16,18-19,24,35-36,49-50,53-54H,14-15,20-23,25-26H2,1-2H3,(H,55,56)(H,57,58)/t35-,36-/m0/s1. The first kappa shape index (κ1) is 43.2. The third-order valence-electron chi connectivity index (χ3n) is 9.91. The first-order chi connectivity index (χ1) is 28.9. The molecule has 0 unspecified atom stereocenters. The average molecular weight is 833 g/mol. The fraction of sp³-hybridized carbons (Fsp3) is 0.267. The zero-order chi connectivity index (χ0) is 42.8. The van der Waals surface area contributed by atoms with Crippen molar-refractivity contribution in [3.05, 3.63) is 136 Å². The van der Waals surface area contributed by atoms with Crippen LogP contribution in [0.25, 0.3) is 27.9 Å². The van der Waals surface area contributed by atoms with Crippen LogP contribution in [0.4, 0.5) is 0 Å². The van der Waals surface area contributed by atoms with Gasteiger partial charge in [0.15, 0.2) is 0 Å². The number of halogens is 1. The normalized spacial score (nSPS) is 12.2. The van der Waals surface area contributed by atoms with Crippen molar-refractivity contribution < 1.29 is 39.5 Å². The molecule has 3 aromatic heterocycles. The summed E-state index contributed by atoms with van der Waals surface area (Å²) in [7, 11) is 0. The highest BCUT2D eigenvalue weighted by Crippen LogP contribution is 2.37. The largest absolute Gasteiger partial charge is 0.488 e. The molecule has 0 fully saturated rings. The highest BCUT2D eigenvalue weighted by atomic mass is 35.5. The van der Waals surface area contributed by atoms with Crippen molar-refractivity contribution in [2.75, 3.05) is 13.1 Å². The Balaban J connectivity index is 1.19. The van der Waals surface area contributed by atoms with Crippen LogP contribution >= 0.6 is 11.6 Å². The van der Waals surface area contributed by atoms with Crippen LogP contribution in [-0.2, 0) is 35.9 Å². The van der Waals surface area contributed by atoms with Gasteiger partial charge in [0.05, 0.1) is 41.3 Å². The van der Waals surface area contributed by atoms with E-state index in [0.29, 0.717) is 39.8 Å². The molecule has 3 heterocycles. The Labute approximate surface area is 351 Å². The summed E-state index contributed by atoms with van der Waals surface area (Å²) in [6.07, 6.45) is 4.15. The summed E-state index contributed by atoms with van der Waals surface area (Å²) < 4.78 is 14.5. The molecule has 0 amide bonds. The lowest BCUT2D eigenvalue weighted by Gasteiger charge is -2.18. The van der Waals surface area contributed by atoms with Gasteiger partial charge in [-0.15, -0.1) is 0 Å². The number of carboxylic acids is 2. The molecule has 3 aromatic carbocycles. The van der Waals surface area contributed by atoms with Crippen LogP contribution in [0.2, 0.25) is 5.02 Å². The molecule has 0 aliphatic heterocycles. The number of pyridine rings is 2. The summed E-state index contributed by atoms with van der Waals surface area (Å²) in [4.78, 5) is 30.7. The van der Waals surface area contributed by atoms with E-state index in [2.05, 4.69) is 53.7 Å². The number of rotatable bonds is 20. The third-order valence-corrected chi connectivity index (χ3v) is 10.2. The number of aliphatic hydroxyl groups excluding tert-OH is 2. The molecule has 0 bridgehead atoms. The van der Waals surface area contributed by atoms with Gasteiger partial charge in [0, 0.05) is 68.2 Å². The predicted molar refractivity (Wildman–Crippen MR) is 225 cm³/mol. The lowest BCUT2D eigenvalue weighted by molar-refractivity contribution is -0.140. The molecule has 0 aliphatic carbocycles. The first-order valence-corrected chi connectivity index (χ1v) is 19.6. The number of nitrogens with zero attached hydrogens (tertiary/aromatic N) is 4. The van der Waals surface area contributed by atoms with E-state index in [0.717, 1.165) is 50.3 Å². The smallest absolute Gasteiger partial charge is 0.306 e. The molecule has 0 spiro atoms. The number of ether oxygens (including phenoxy) is 2. The Morgan fingerprint density at radius 2 is 1.48 bits per heavy atom. The van der Waals surface area contributed by atoms with Crippen LogP contribution in [0.15, 0.2) is 91.5 Å². The number of carbonyl (C=O) groups is 2. The van der Waals surface area contributed by atoms with Crippen molar-refractivity contribution in [2.45, 2.75) is 65.2 Å². The van der Waals surface area contributed by atoms with E-state index in [4.69, 9.17) is 36.3 Å². The SMILES string of the molecule is Cc1c(COc2cc(OCc3cncc(C#N)c3)c(CNC[C@@H](O)CC(=O)O)cc2Cl)cccc1-c1cccc(-c2ccn3cc(CNC[C@@H](O)CC(=O)O)nc3c2)c1C. The molecule has 6 aromatic rings. The topological polar surface area (TPSA) is 212 Å². The lowest BCUT2D eigenvalue weighted by atomic mass is 9.90. The fourth-order valence-corrected chi connectivity index (χ4v) is 7.09. The number of imidazole rings is 1. The second-order valence-corrected chi connectivity index (χ2v) is 14.8. The van der Waals surface area contributed by atoms with Gasteiger partial charge in [-0.3, -0.25) is 14.6 Å². The number of nitriles is 1. The van der Waals surface area contributed by atoms with Crippen molar-refractivity contribution in [1.29, 1.82) is 5.26 Å². The summed E-state index contributed by atoms with van der Waals surface area (Å²) in [5, 5.41) is 53.6. The minimum Gasteiger partial charge on any atom is -0.488 e. The average Bonchev–Trinajstić information content (AvgIpc) is 3.62. The number of carboxylic acid groups (broad SMARTS) is 2. The van der Waals surface area contributed by atoms with Gasteiger partial charge in [-0.2, -0.15) is 5.26 Å². The maximum atomic E-state index is 11.0. The van der Waals surface area contributed by atoms with E-state index in [1.165, 1.54) is 6.20 Å². The second kappa shape index (κ2) is 20.1. The van der Waals surface area contributed by atoms with E-state index in [-0.39, 0.29) is 39.3 Å². The molecule has 0 saturated carbocycles. The van der Waals surface area contributed by atoms with Crippen LogP contribution in [-0.4, -0.2) is 72.0 Å². The molecular formula is C45H45ClN6O8. The Morgan fingerprint density at radius 3 is 2.20 bits per heavy atom. The Morgan fingerprint density at radius 1 is 0.817 bits per heavy atom. The second-order valence-electron chi connectivity index (χ2n) is 14.4. The van der Waals surface area contributed by atoms with E-state index in [9.17, 15) is 25.1 Å². The highest BCUT2D eigenvalue weighted by Gasteiger charge is 2.17. The fourth-order valence-electron chi connectivity index (χ4n) is 6.85. The van der Waals surface area contributed by atoms with Crippen LogP contribution in [0.1, 0.15) is 51.9 Å². The summed E-state index contributed by atoms with van der Waals surface area (Å²) in [5.74, 6) is -1.32. The van der Waals surface area contributed by atoms with E-state index < -0.39 is 30.6 Å². The van der Waals surface area contributed by atoms with Crippen LogP contribution < -0.4 is 20.1 Å². The van der Waals surface area contributed by atoms with Gasteiger partial charge in [0.25, 0.3) is 0 Å². The molecular weight excluding hydrogens is 788 g/mol. The molecule has 14 nitrogen and oxygen atoms in total. The Kier molecular flexibility index (Phi) is 14.5. The maximum Gasteiger partial charge on any atom is 0.306 e. The van der Waals surface area contributed by atoms with Gasteiger partial charge < -0.3 is 44.9 Å². The van der Waals surface area contributed by atoms with Gasteiger partial charge >= 0.3 is 11.9 Å². The van der Waals surface area contributed by atoms with E-state index >= 15 is 0 Å². The number of aliphatic hydroxyl groups is 2. The van der Waals surface area contributed by atoms with Gasteiger partial charge in [0.2, 0.25) is 0 Å². The quantitative estimate of drug-likeness (QED) is 0.0506. The van der Waals surface area contributed by atoms with Gasteiger partial charge in [-0.1, -0.05) is 48.0 Å². The maximum absolute atomic E-state index is 11.0. The molecule has 6 rings (SSSR count). The number of aliphatic carboxylic acids is 2. The zero-order valence-electron chi connectivity index (χ0n) is 33.1. The third kappa shape index (κ3) is 11.2. The number of hydrogen-bond acceptors (Lipinski definition) is 11. The number of fused-ring (bicyclic) bond motifs is 1. The van der Waals surface area contributed by atoms with Crippen LogP contribution in [0.5, 0.6) is 11.5 Å². The van der Waals surface area contributed by atoms with Crippen molar-refractivity contribution in [3.63, 3.8) is 0 Å². The minimum absolute atomic E-state index is 0.0408. The molecule has 310 valence electrons. The number of hydrogen-bond donors (Lipinski definition) is 6. The van der Waals surface area contributed by atoms with Crippen LogP contribution in [0, 0.1) is 25.2 Å². The molecule has 0 saturated heterocycles. The molecule has 15 heteroatoms. The lowest BCUT2D eigenvalue weighted by Crippen LogP contribution is -2.28. The summed E-state index contributed by atoms with van der Waals surface area (Å²) in [6.45, 7) is 5.25. The minimum atomic E-state index is -1.10. The zero-order valence-corrected chi connectivity index (χ0v) is 33.8. The van der Waals surface area contributed by atoms with E-state index in [1.54, 1.807) is 24.4 Å². The van der Waals surface area contributed by atoms with Crippen LogP contribution in [0.3, 0.4) is 0 Å². The Hall–Kier alpha value is -6.34. The van der Waals surface area contributed by atoms with Gasteiger partial charge in [-0.25, -0.2) is 4.98 Å². The summed E-state index contributed by atoms with van der Waals surface area (Å²) in [6, 6.07) is 23.5. The molecule has 0 aliphatic rings. The molecule has 0 radical (unpaired) electrons. The summed E-state index contributed by atoms with van der Waals surface area (Å²) >= 11 is 6.77. The van der Waals surface area contributed by atoms with Crippen molar-refractivity contribution >= 4 is 29.2 Å². The predicted octanol–water partition coefficient (Wildman–Crippen LogP) is 6.21. The van der Waals surface area contributed by atoms with Crippen molar-refractivity contribution in [3.8, 4) is 39.8 Å². The number of nitrogens with one attached hydrogen (secondary N) is 2. The van der Waals surface area contributed by atoms with Gasteiger partial charge in [0.1, 0.15) is 36.4 Å². The van der Waals surface area contributed by atoms with E-state index in [1.807, 2.05) is 47.1 Å². The monoisotopic (exact) mass is 832 g/mol. The van der Waals surface area contributed by atoms with Crippen molar-refractivity contribution in [1.82, 2.24) is 25.0 Å².